The monoisotopic (exact) mass is 352 g/mol. The first-order chi connectivity index (χ1) is 11.6. The SMILES string of the molecule is CSC1(CNC[C@@H]2CCCO[C@H]2c2cnn(C)c2)CCN(C)CC1. The zero-order valence-electron chi connectivity index (χ0n) is 15.3. The van der Waals surface area contributed by atoms with Crippen LogP contribution in [0.1, 0.15) is 37.4 Å². The quantitative estimate of drug-likeness (QED) is 0.851. The molecule has 0 bridgehead atoms. The van der Waals surface area contributed by atoms with Crippen LogP contribution < -0.4 is 5.32 Å². The number of rotatable bonds is 6. The van der Waals surface area contributed by atoms with E-state index in [-0.39, 0.29) is 6.10 Å². The maximum atomic E-state index is 6.09. The molecule has 0 aliphatic carbocycles. The van der Waals surface area contributed by atoms with Crippen LogP contribution in [0, 0.1) is 5.92 Å². The second-order valence-electron chi connectivity index (χ2n) is 7.46. The molecule has 0 saturated carbocycles. The minimum atomic E-state index is 0.197. The molecule has 24 heavy (non-hydrogen) atoms. The predicted octanol–water partition coefficient (Wildman–Crippen LogP) is 2.30. The lowest BCUT2D eigenvalue weighted by Crippen LogP contribution is -2.47. The minimum Gasteiger partial charge on any atom is -0.373 e. The Morgan fingerprint density at radius 3 is 2.83 bits per heavy atom. The van der Waals surface area contributed by atoms with Gasteiger partial charge in [0.2, 0.25) is 0 Å². The minimum absolute atomic E-state index is 0.197. The van der Waals surface area contributed by atoms with E-state index in [9.17, 15) is 0 Å². The molecule has 0 unspecified atom stereocenters. The average Bonchev–Trinajstić information content (AvgIpc) is 3.04. The highest BCUT2D eigenvalue weighted by Crippen LogP contribution is 2.35. The molecule has 2 fully saturated rings. The van der Waals surface area contributed by atoms with Gasteiger partial charge >= 0.3 is 0 Å². The molecule has 1 N–H and O–H groups in total. The van der Waals surface area contributed by atoms with E-state index >= 15 is 0 Å². The predicted molar refractivity (Wildman–Crippen MR) is 100 cm³/mol. The van der Waals surface area contributed by atoms with E-state index in [0.717, 1.165) is 19.7 Å². The summed E-state index contributed by atoms with van der Waals surface area (Å²) in [5.41, 5.74) is 1.22. The number of piperidine rings is 1. The Kier molecular flexibility index (Phi) is 6.24. The van der Waals surface area contributed by atoms with Crippen molar-refractivity contribution in [1.82, 2.24) is 20.0 Å². The summed E-state index contributed by atoms with van der Waals surface area (Å²) in [5.74, 6) is 0.549. The fraction of sp³-hybridized carbons (Fsp3) is 0.833. The summed E-state index contributed by atoms with van der Waals surface area (Å²) in [6, 6.07) is 0. The van der Waals surface area contributed by atoms with Crippen LogP contribution in [0.25, 0.3) is 0 Å². The van der Waals surface area contributed by atoms with E-state index in [1.807, 2.05) is 29.7 Å². The highest BCUT2D eigenvalue weighted by Gasteiger charge is 2.34. The summed E-state index contributed by atoms with van der Waals surface area (Å²) >= 11 is 2.05. The van der Waals surface area contributed by atoms with Gasteiger partial charge in [-0.2, -0.15) is 16.9 Å². The molecule has 2 atom stereocenters. The van der Waals surface area contributed by atoms with Crippen LogP contribution in [0.5, 0.6) is 0 Å². The van der Waals surface area contributed by atoms with Crippen molar-refractivity contribution in [3.8, 4) is 0 Å². The van der Waals surface area contributed by atoms with Gasteiger partial charge in [-0.15, -0.1) is 0 Å². The van der Waals surface area contributed by atoms with Crippen molar-refractivity contribution >= 4 is 11.8 Å². The Morgan fingerprint density at radius 1 is 1.38 bits per heavy atom. The zero-order valence-corrected chi connectivity index (χ0v) is 16.1. The molecular weight excluding hydrogens is 320 g/mol. The third-order valence-corrected chi connectivity index (χ3v) is 7.10. The lowest BCUT2D eigenvalue weighted by atomic mass is 9.90. The summed E-state index contributed by atoms with van der Waals surface area (Å²) in [4.78, 5) is 2.45. The number of ether oxygens (including phenoxy) is 1. The van der Waals surface area contributed by atoms with Gasteiger partial charge in [-0.1, -0.05) is 0 Å². The standard InChI is InChI=1S/C18H32N4OS/c1-21-8-6-18(24-3,7-9-21)14-19-11-15-5-4-10-23-17(15)16-12-20-22(2)13-16/h12-13,15,17,19H,4-11,14H2,1-3H3/t15-,17+/m0/s1. The van der Waals surface area contributed by atoms with Crippen molar-refractivity contribution in [2.75, 3.05) is 46.1 Å². The second kappa shape index (κ2) is 8.21. The highest BCUT2D eigenvalue weighted by atomic mass is 32.2. The third-order valence-electron chi connectivity index (χ3n) is 5.68. The van der Waals surface area contributed by atoms with Gasteiger partial charge in [-0.05, 0) is 52.1 Å². The van der Waals surface area contributed by atoms with Gasteiger partial charge in [0.1, 0.15) is 0 Å². The van der Waals surface area contributed by atoms with Gasteiger partial charge in [0.25, 0.3) is 0 Å². The van der Waals surface area contributed by atoms with Crippen LogP contribution in [-0.4, -0.2) is 65.5 Å². The van der Waals surface area contributed by atoms with Gasteiger partial charge in [0.05, 0.1) is 12.3 Å². The lowest BCUT2D eigenvalue weighted by molar-refractivity contribution is -0.0280. The first-order valence-electron chi connectivity index (χ1n) is 9.16. The van der Waals surface area contributed by atoms with Crippen LogP contribution in [-0.2, 0) is 11.8 Å². The van der Waals surface area contributed by atoms with E-state index in [1.54, 1.807) is 0 Å². The summed E-state index contributed by atoms with van der Waals surface area (Å²) in [5, 5.41) is 8.11. The summed E-state index contributed by atoms with van der Waals surface area (Å²) in [7, 11) is 4.21. The normalized spacial score (nSPS) is 28.1. The third kappa shape index (κ3) is 4.34. The largest absolute Gasteiger partial charge is 0.373 e. The van der Waals surface area contributed by atoms with Gasteiger partial charge in [-0.3, -0.25) is 4.68 Å². The summed E-state index contributed by atoms with van der Waals surface area (Å²) < 4.78 is 8.38. The van der Waals surface area contributed by atoms with Gasteiger partial charge in [-0.25, -0.2) is 0 Å². The molecule has 0 radical (unpaired) electrons. The smallest absolute Gasteiger partial charge is 0.0895 e. The number of thioether (sulfide) groups is 1. The first-order valence-corrected chi connectivity index (χ1v) is 10.4. The fourth-order valence-corrected chi connectivity index (χ4v) is 4.81. The van der Waals surface area contributed by atoms with Crippen molar-refractivity contribution in [3.05, 3.63) is 18.0 Å². The maximum Gasteiger partial charge on any atom is 0.0895 e. The van der Waals surface area contributed by atoms with E-state index < -0.39 is 0 Å². The molecule has 3 heterocycles. The number of hydrogen-bond acceptors (Lipinski definition) is 5. The zero-order chi connectivity index (χ0) is 17.0. The van der Waals surface area contributed by atoms with E-state index in [4.69, 9.17) is 4.74 Å². The Morgan fingerprint density at radius 2 is 2.17 bits per heavy atom. The van der Waals surface area contributed by atoms with Crippen LogP contribution in [0.4, 0.5) is 0 Å². The topological polar surface area (TPSA) is 42.3 Å². The van der Waals surface area contributed by atoms with E-state index in [1.165, 1.54) is 44.3 Å². The first kappa shape index (κ1) is 18.2. The molecule has 2 aliphatic heterocycles. The summed E-state index contributed by atoms with van der Waals surface area (Å²) in [6.45, 7) is 5.45. The molecule has 136 valence electrons. The molecule has 2 saturated heterocycles. The fourth-order valence-electron chi connectivity index (χ4n) is 3.97. The van der Waals surface area contributed by atoms with Crippen LogP contribution in [0.2, 0.25) is 0 Å². The van der Waals surface area contributed by atoms with Crippen molar-refractivity contribution < 1.29 is 4.74 Å². The van der Waals surface area contributed by atoms with Crippen molar-refractivity contribution in [1.29, 1.82) is 0 Å². The molecule has 0 spiro atoms. The van der Waals surface area contributed by atoms with Crippen molar-refractivity contribution in [2.24, 2.45) is 13.0 Å². The van der Waals surface area contributed by atoms with Crippen LogP contribution >= 0.6 is 11.8 Å². The number of aryl methyl sites for hydroxylation is 1. The van der Waals surface area contributed by atoms with Crippen LogP contribution in [0.3, 0.4) is 0 Å². The average molecular weight is 353 g/mol. The van der Waals surface area contributed by atoms with Gasteiger partial charge < -0.3 is 15.0 Å². The molecule has 0 aromatic carbocycles. The number of hydrogen-bond donors (Lipinski definition) is 1. The lowest BCUT2D eigenvalue weighted by Gasteiger charge is -2.40. The van der Waals surface area contributed by atoms with Gasteiger partial charge in [0, 0.05) is 49.2 Å². The van der Waals surface area contributed by atoms with E-state index in [0.29, 0.717) is 10.7 Å². The number of nitrogens with zero attached hydrogens (tertiary/aromatic N) is 3. The molecule has 0 amide bonds. The highest BCUT2D eigenvalue weighted by molar-refractivity contribution is 8.00. The molecular formula is C18H32N4OS. The molecule has 1 aromatic heterocycles. The number of aromatic nitrogens is 2. The van der Waals surface area contributed by atoms with E-state index in [2.05, 4.69) is 34.8 Å². The molecule has 6 heteroatoms. The molecule has 2 aliphatic rings. The Balaban J connectivity index is 1.54. The maximum absolute atomic E-state index is 6.09. The Bertz CT molecular complexity index is 513. The van der Waals surface area contributed by atoms with Crippen LogP contribution in [0.15, 0.2) is 12.4 Å². The van der Waals surface area contributed by atoms with Crippen molar-refractivity contribution in [2.45, 2.75) is 36.5 Å². The number of nitrogens with one attached hydrogen (secondary N) is 1. The molecule has 3 rings (SSSR count). The van der Waals surface area contributed by atoms with Gasteiger partial charge in [0.15, 0.2) is 0 Å². The van der Waals surface area contributed by atoms with Crippen molar-refractivity contribution in [3.63, 3.8) is 0 Å². The Labute approximate surface area is 150 Å². The molecule has 5 nitrogen and oxygen atoms in total. The number of likely N-dealkylation sites (tertiary alicyclic amines) is 1. The summed E-state index contributed by atoms with van der Waals surface area (Å²) in [6.07, 6.45) is 11.5. The second-order valence-corrected chi connectivity index (χ2v) is 8.74. The molecule has 1 aromatic rings. The Hall–Kier alpha value is -0.560.